The Balaban J connectivity index is 1.40. The number of hydrogen-bond acceptors (Lipinski definition) is 4. The summed E-state index contributed by atoms with van der Waals surface area (Å²) in [4.78, 5) is 14.7. The van der Waals surface area contributed by atoms with E-state index < -0.39 is 0 Å². The average molecular weight is 336 g/mol. The van der Waals surface area contributed by atoms with E-state index in [0.717, 1.165) is 42.9 Å². The van der Waals surface area contributed by atoms with Gasteiger partial charge in [0.25, 0.3) is 5.91 Å². The van der Waals surface area contributed by atoms with Crippen LogP contribution in [0.25, 0.3) is 0 Å². The lowest BCUT2D eigenvalue weighted by Crippen LogP contribution is -2.21. The predicted octanol–water partition coefficient (Wildman–Crippen LogP) is 3.12. The van der Waals surface area contributed by atoms with Gasteiger partial charge in [-0.25, -0.2) is 0 Å². The highest BCUT2D eigenvalue weighted by molar-refractivity contribution is 6.03. The second-order valence-corrected chi connectivity index (χ2v) is 6.36. The van der Waals surface area contributed by atoms with E-state index in [-0.39, 0.29) is 5.91 Å². The standard InChI is InChI=1S/C19H20N4O2/c1-13-8-10-25-17(13)19(24)20-18-15-11-23(12-16(15)21-22-18)9-7-14-5-3-2-4-6-14/h2-6,8,10H,7,9,11-12H2,1H3,(H2,20,21,22,24). The number of amides is 1. The molecular weight excluding hydrogens is 316 g/mol. The van der Waals surface area contributed by atoms with E-state index in [1.165, 1.54) is 11.8 Å². The lowest BCUT2D eigenvalue weighted by Gasteiger charge is -2.15. The van der Waals surface area contributed by atoms with Crippen LogP contribution < -0.4 is 5.32 Å². The fraction of sp³-hybridized carbons (Fsp3) is 0.263. The fourth-order valence-corrected chi connectivity index (χ4v) is 3.17. The van der Waals surface area contributed by atoms with Crippen LogP contribution in [0.15, 0.2) is 47.1 Å². The summed E-state index contributed by atoms with van der Waals surface area (Å²) in [5, 5.41) is 10.1. The van der Waals surface area contributed by atoms with Crippen molar-refractivity contribution in [1.29, 1.82) is 0 Å². The topological polar surface area (TPSA) is 74.2 Å². The Morgan fingerprint density at radius 2 is 2.12 bits per heavy atom. The van der Waals surface area contributed by atoms with Gasteiger partial charge in [0.05, 0.1) is 12.0 Å². The van der Waals surface area contributed by atoms with Gasteiger partial charge in [-0.1, -0.05) is 30.3 Å². The number of fused-ring (bicyclic) bond motifs is 1. The number of aryl methyl sites for hydroxylation is 1. The maximum atomic E-state index is 12.3. The summed E-state index contributed by atoms with van der Waals surface area (Å²) < 4.78 is 5.24. The fourth-order valence-electron chi connectivity index (χ4n) is 3.17. The van der Waals surface area contributed by atoms with Crippen LogP contribution >= 0.6 is 0 Å². The first-order valence-electron chi connectivity index (χ1n) is 8.38. The van der Waals surface area contributed by atoms with Crippen molar-refractivity contribution in [1.82, 2.24) is 15.1 Å². The molecule has 0 unspecified atom stereocenters. The molecule has 0 radical (unpaired) electrons. The molecule has 0 fully saturated rings. The molecule has 0 bridgehead atoms. The highest BCUT2D eigenvalue weighted by Gasteiger charge is 2.26. The summed E-state index contributed by atoms with van der Waals surface area (Å²) in [5.74, 6) is 0.660. The number of H-pyrrole nitrogens is 1. The van der Waals surface area contributed by atoms with Gasteiger partial charge in [-0.15, -0.1) is 0 Å². The zero-order valence-corrected chi connectivity index (χ0v) is 14.1. The van der Waals surface area contributed by atoms with Crippen molar-refractivity contribution >= 4 is 11.7 Å². The molecule has 25 heavy (non-hydrogen) atoms. The van der Waals surface area contributed by atoms with Crippen LogP contribution in [0.1, 0.15) is 32.9 Å². The number of hydrogen-bond donors (Lipinski definition) is 2. The van der Waals surface area contributed by atoms with Gasteiger partial charge in [0.15, 0.2) is 11.6 Å². The quantitative estimate of drug-likeness (QED) is 0.751. The Bertz CT molecular complexity index is 882. The number of nitrogens with zero attached hydrogens (tertiary/aromatic N) is 2. The predicted molar refractivity (Wildman–Crippen MR) is 94.2 cm³/mol. The number of benzene rings is 1. The molecule has 0 aliphatic carbocycles. The summed E-state index contributed by atoms with van der Waals surface area (Å²) in [5.41, 5.74) is 4.28. The largest absolute Gasteiger partial charge is 0.459 e. The van der Waals surface area contributed by atoms with Crippen molar-refractivity contribution in [2.45, 2.75) is 26.4 Å². The van der Waals surface area contributed by atoms with Gasteiger partial charge in [0, 0.05) is 30.8 Å². The number of furan rings is 1. The number of aromatic amines is 1. The number of aromatic nitrogens is 2. The van der Waals surface area contributed by atoms with Crippen LogP contribution in [0.4, 0.5) is 5.82 Å². The molecule has 2 aromatic heterocycles. The van der Waals surface area contributed by atoms with E-state index >= 15 is 0 Å². The summed E-state index contributed by atoms with van der Waals surface area (Å²) in [6.45, 7) is 4.42. The molecule has 4 rings (SSSR count). The zero-order chi connectivity index (χ0) is 17.2. The van der Waals surface area contributed by atoms with E-state index in [2.05, 4.69) is 44.7 Å². The number of carbonyl (C=O) groups is 1. The third-order valence-corrected chi connectivity index (χ3v) is 4.58. The normalized spacial score (nSPS) is 13.8. The maximum Gasteiger partial charge on any atom is 0.292 e. The van der Waals surface area contributed by atoms with Gasteiger partial charge in [0.2, 0.25) is 0 Å². The molecule has 3 heterocycles. The molecule has 1 amide bonds. The molecule has 2 N–H and O–H groups in total. The van der Waals surface area contributed by atoms with Crippen molar-refractivity contribution in [2.75, 3.05) is 11.9 Å². The van der Waals surface area contributed by atoms with Crippen LogP contribution in [0, 0.1) is 6.92 Å². The number of rotatable bonds is 5. The van der Waals surface area contributed by atoms with Gasteiger partial charge in [-0.05, 0) is 25.0 Å². The van der Waals surface area contributed by atoms with Crippen molar-refractivity contribution in [3.05, 3.63) is 70.8 Å². The van der Waals surface area contributed by atoms with Gasteiger partial charge in [0.1, 0.15) is 0 Å². The minimum atomic E-state index is -0.264. The Labute approximate surface area is 145 Å². The first-order chi connectivity index (χ1) is 12.2. The van der Waals surface area contributed by atoms with Gasteiger partial charge < -0.3 is 9.73 Å². The second-order valence-electron chi connectivity index (χ2n) is 6.36. The van der Waals surface area contributed by atoms with Crippen molar-refractivity contribution in [3.63, 3.8) is 0 Å². The first kappa shape index (κ1) is 15.7. The molecule has 6 nitrogen and oxygen atoms in total. The van der Waals surface area contributed by atoms with Crippen LogP contribution in [0.2, 0.25) is 0 Å². The molecule has 6 heteroatoms. The average Bonchev–Trinajstić information content (AvgIpc) is 3.31. The summed E-state index contributed by atoms with van der Waals surface area (Å²) in [6.07, 6.45) is 2.52. The molecule has 1 aliphatic rings. The molecule has 0 atom stereocenters. The lowest BCUT2D eigenvalue weighted by molar-refractivity contribution is 0.0995. The summed E-state index contributed by atoms with van der Waals surface area (Å²) in [6, 6.07) is 12.2. The third kappa shape index (κ3) is 3.21. The van der Waals surface area contributed by atoms with Gasteiger partial charge >= 0.3 is 0 Å². The van der Waals surface area contributed by atoms with Crippen LogP contribution in [0.5, 0.6) is 0 Å². The second kappa shape index (κ2) is 6.57. The van der Waals surface area contributed by atoms with Crippen LogP contribution in [0.3, 0.4) is 0 Å². The van der Waals surface area contributed by atoms with E-state index in [1.807, 2.05) is 13.0 Å². The molecule has 0 saturated carbocycles. The molecular formula is C19H20N4O2. The Morgan fingerprint density at radius 1 is 1.28 bits per heavy atom. The molecule has 0 spiro atoms. The molecule has 3 aromatic rings. The Hall–Kier alpha value is -2.86. The van der Waals surface area contributed by atoms with Crippen molar-refractivity contribution in [2.24, 2.45) is 0 Å². The van der Waals surface area contributed by atoms with Crippen LogP contribution in [-0.4, -0.2) is 27.5 Å². The minimum Gasteiger partial charge on any atom is -0.459 e. The van der Waals surface area contributed by atoms with Gasteiger partial charge in [-0.2, -0.15) is 5.10 Å². The minimum absolute atomic E-state index is 0.264. The number of carbonyl (C=O) groups excluding carboxylic acids is 1. The Morgan fingerprint density at radius 3 is 2.88 bits per heavy atom. The smallest absolute Gasteiger partial charge is 0.292 e. The highest BCUT2D eigenvalue weighted by atomic mass is 16.3. The molecule has 128 valence electrons. The van der Waals surface area contributed by atoms with E-state index in [4.69, 9.17) is 4.42 Å². The molecule has 0 saturated heterocycles. The SMILES string of the molecule is Cc1ccoc1C(=O)Nc1n[nH]c2c1CN(CCc1ccccc1)C2. The number of nitrogens with one attached hydrogen (secondary N) is 2. The maximum absolute atomic E-state index is 12.3. The lowest BCUT2D eigenvalue weighted by atomic mass is 10.1. The van der Waals surface area contributed by atoms with Crippen molar-refractivity contribution < 1.29 is 9.21 Å². The highest BCUT2D eigenvalue weighted by Crippen LogP contribution is 2.27. The van der Waals surface area contributed by atoms with Crippen molar-refractivity contribution in [3.8, 4) is 0 Å². The van der Waals surface area contributed by atoms with E-state index in [0.29, 0.717) is 11.6 Å². The van der Waals surface area contributed by atoms with E-state index in [1.54, 1.807) is 6.07 Å². The third-order valence-electron chi connectivity index (χ3n) is 4.58. The molecule has 1 aromatic carbocycles. The van der Waals surface area contributed by atoms with Crippen LogP contribution in [-0.2, 0) is 19.5 Å². The first-order valence-corrected chi connectivity index (χ1v) is 8.38. The zero-order valence-electron chi connectivity index (χ0n) is 14.1. The monoisotopic (exact) mass is 336 g/mol. The summed E-state index contributed by atoms with van der Waals surface area (Å²) >= 11 is 0. The summed E-state index contributed by atoms with van der Waals surface area (Å²) in [7, 11) is 0. The Kier molecular flexibility index (Phi) is 4.11. The molecule has 1 aliphatic heterocycles. The number of anilines is 1. The van der Waals surface area contributed by atoms with Gasteiger partial charge in [-0.3, -0.25) is 14.8 Å². The van der Waals surface area contributed by atoms with E-state index in [9.17, 15) is 4.79 Å².